The predicted octanol–water partition coefficient (Wildman–Crippen LogP) is 4.40. The van der Waals surface area contributed by atoms with Crippen molar-refractivity contribution in [2.24, 2.45) is 5.92 Å². The summed E-state index contributed by atoms with van der Waals surface area (Å²) in [6.45, 7) is 7.61. The van der Waals surface area contributed by atoms with Crippen LogP contribution >= 0.6 is 0 Å². The number of benzene rings is 1. The Hall–Kier alpha value is -1.89. The highest BCUT2D eigenvalue weighted by atomic mass is 16.5. The lowest BCUT2D eigenvalue weighted by Crippen LogP contribution is -2.51. The molecule has 2 unspecified atom stereocenters. The summed E-state index contributed by atoms with van der Waals surface area (Å²) in [6.07, 6.45) is 10.4. The van der Waals surface area contributed by atoms with Crippen LogP contribution in [-0.2, 0) is 24.1 Å². The van der Waals surface area contributed by atoms with Gasteiger partial charge in [-0.3, -0.25) is 4.90 Å². The van der Waals surface area contributed by atoms with Crippen LogP contribution in [0.25, 0.3) is 11.0 Å². The minimum Gasteiger partial charge on any atom is -0.507 e. The highest BCUT2D eigenvalue weighted by Gasteiger charge is 2.34. The maximum absolute atomic E-state index is 12.6. The van der Waals surface area contributed by atoms with E-state index >= 15 is 0 Å². The minimum absolute atomic E-state index is 0.228. The first-order chi connectivity index (χ1) is 16.6. The second kappa shape index (κ2) is 10.4. The number of phenolic OH excluding ortho intramolecular Hbond substituents is 1. The van der Waals surface area contributed by atoms with Crippen molar-refractivity contribution in [2.45, 2.75) is 77.3 Å². The monoisotopic (exact) mass is 468 g/mol. The van der Waals surface area contributed by atoms with Crippen molar-refractivity contribution >= 4 is 11.0 Å². The van der Waals surface area contributed by atoms with E-state index in [9.17, 15) is 9.90 Å². The largest absolute Gasteiger partial charge is 0.507 e. The van der Waals surface area contributed by atoms with E-state index in [4.69, 9.17) is 9.15 Å². The highest BCUT2D eigenvalue weighted by Crippen LogP contribution is 2.36. The van der Waals surface area contributed by atoms with Crippen LogP contribution in [0.15, 0.2) is 15.3 Å². The molecule has 2 saturated heterocycles. The Balaban J connectivity index is 1.45. The number of aromatic hydroxyl groups is 1. The Labute approximate surface area is 202 Å². The standard InChI is InChI=1S/C28H40N2O4/c1-19-26(31)21(16-24-22-9-3-4-10-23(22)28(32)34-27(19)24)18-29(14-15-33-2)17-20-8-7-13-30-12-6-5-11-25(20)30/h16,20,25,31H,3-15,17-18H2,1-2H3. The Kier molecular flexibility index (Phi) is 7.28. The maximum Gasteiger partial charge on any atom is 0.339 e. The van der Waals surface area contributed by atoms with Gasteiger partial charge in [-0.25, -0.2) is 4.79 Å². The van der Waals surface area contributed by atoms with Gasteiger partial charge in [-0.15, -0.1) is 0 Å². The second-order valence-corrected chi connectivity index (χ2v) is 10.7. The molecule has 1 N–H and O–H groups in total. The third-order valence-corrected chi connectivity index (χ3v) is 8.52. The number of fused-ring (bicyclic) bond motifs is 4. The average molecular weight is 469 g/mol. The van der Waals surface area contributed by atoms with E-state index in [-0.39, 0.29) is 11.4 Å². The van der Waals surface area contributed by atoms with E-state index in [1.165, 1.54) is 45.2 Å². The molecular formula is C28H40N2O4. The first-order valence-electron chi connectivity index (χ1n) is 13.3. The topological polar surface area (TPSA) is 66.1 Å². The van der Waals surface area contributed by atoms with E-state index in [2.05, 4.69) is 15.9 Å². The summed E-state index contributed by atoms with van der Waals surface area (Å²) in [5.41, 5.74) is 3.91. The molecule has 1 aromatic carbocycles. The molecule has 5 rings (SSSR count). The molecule has 34 heavy (non-hydrogen) atoms. The van der Waals surface area contributed by atoms with Gasteiger partial charge < -0.3 is 19.2 Å². The number of phenols is 1. The molecule has 2 atom stereocenters. The summed E-state index contributed by atoms with van der Waals surface area (Å²) in [5.74, 6) is 0.928. The summed E-state index contributed by atoms with van der Waals surface area (Å²) in [4.78, 5) is 17.8. The van der Waals surface area contributed by atoms with E-state index < -0.39 is 0 Å². The van der Waals surface area contributed by atoms with Crippen LogP contribution < -0.4 is 5.63 Å². The van der Waals surface area contributed by atoms with Crippen LogP contribution in [0.5, 0.6) is 5.75 Å². The van der Waals surface area contributed by atoms with E-state index in [1.807, 2.05) is 6.92 Å². The smallest absolute Gasteiger partial charge is 0.339 e. The minimum atomic E-state index is -0.228. The number of ether oxygens (including phenoxy) is 1. The fourth-order valence-electron chi connectivity index (χ4n) is 6.73. The molecular weight excluding hydrogens is 428 g/mol. The Morgan fingerprint density at radius 3 is 2.74 bits per heavy atom. The molecule has 1 aromatic heterocycles. The zero-order valence-electron chi connectivity index (χ0n) is 20.9. The zero-order chi connectivity index (χ0) is 23.7. The summed E-state index contributed by atoms with van der Waals surface area (Å²) >= 11 is 0. The molecule has 0 saturated carbocycles. The van der Waals surface area contributed by atoms with E-state index in [0.717, 1.165) is 60.8 Å². The fraction of sp³-hybridized carbons (Fsp3) is 0.679. The van der Waals surface area contributed by atoms with Crippen molar-refractivity contribution in [1.29, 1.82) is 0 Å². The average Bonchev–Trinajstić information content (AvgIpc) is 2.86. The van der Waals surface area contributed by atoms with Crippen LogP contribution in [0.1, 0.15) is 67.2 Å². The van der Waals surface area contributed by atoms with Gasteiger partial charge in [-0.1, -0.05) is 6.42 Å². The molecule has 0 bridgehead atoms. The first kappa shape index (κ1) is 23.8. The lowest BCUT2D eigenvalue weighted by atomic mass is 9.83. The summed E-state index contributed by atoms with van der Waals surface area (Å²) in [6, 6.07) is 2.79. The van der Waals surface area contributed by atoms with Gasteiger partial charge in [0.05, 0.1) is 6.61 Å². The molecule has 0 spiro atoms. The molecule has 0 amide bonds. The summed E-state index contributed by atoms with van der Waals surface area (Å²) in [5, 5.41) is 12.1. The third kappa shape index (κ3) is 4.65. The maximum atomic E-state index is 12.6. The molecule has 6 heteroatoms. The van der Waals surface area contributed by atoms with Gasteiger partial charge in [0.25, 0.3) is 0 Å². The Bertz CT molecular complexity index is 1080. The van der Waals surface area contributed by atoms with Gasteiger partial charge in [0.2, 0.25) is 0 Å². The molecule has 2 aromatic rings. The van der Waals surface area contributed by atoms with Crippen LogP contribution in [-0.4, -0.2) is 60.8 Å². The Morgan fingerprint density at radius 2 is 1.91 bits per heavy atom. The molecule has 2 fully saturated rings. The van der Waals surface area contributed by atoms with Gasteiger partial charge >= 0.3 is 5.63 Å². The van der Waals surface area contributed by atoms with Crippen LogP contribution in [0.3, 0.4) is 0 Å². The fourth-order valence-corrected chi connectivity index (χ4v) is 6.73. The number of hydrogen-bond donors (Lipinski definition) is 1. The van der Waals surface area contributed by atoms with E-state index in [0.29, 0.717) is 36.3 Å². The number of hydrogen-bond acceptors (Lipinski definition) is 6. The van der Waals surface area contributed by atoms with Crippen LogP contribution in [0, 0.1) is 12.8 Å². The second-order valence-electron chi connectivity index (χ2n) is 10.7. The van der Waals surface area contributed by atoms with Gasteiger partial charge in [0.1, 0.15) is 11.3 Å². The molecule has 6 nitrogen and oxygen atoms in total. The normalized spacial score (nSPS) is 23.3. The molecule has 0 radical (unpaired) electrons. The SMILES string of the molecule is COCCN(Cc1cc2c3c(c(=O)oc2c(C)c1O)CCCC3)CC1CCCN2CCCCC12. The lowest BCUT2D eigenvalue weighted by Gasteiger charge is -2.45. The third-order valence-electron chi connectivity index (χ3n) is 8.52. The van der Waals surface area contributed by atoms with Gasteiger partial charge in [0.15, 0.2) is 0 Å². The highest BCUT2D eigenvalue weighted by molar-refractivity contribution is 5.87. The molecule has 3 heterocycles. The lowest BCUT2D eigenvalue weighted by molar-refractivity contribution is 0.0335. The van der Waals surface area contributed by atoms with Crippen LogP contribution in [0.4, 0.5) is 0 Å². The van der Waals surface area contributed by atoms with Crippen molar-refractivity contribution in [3.05, 3.63) is 38.7 Å². The van der Waals surface area contributed by atoms with Gasteiger partial charge in [-0.2, -0.15) is 0 Å². The van der Waals surface area contributed by atoms with Crippen LogP contribution in [0.2, 0.25) is 0 Å². The first-order valence-corrected chi connectivity index (χ1v) is 13.3. The quantitative estimate of drug-likeness (QED) is 0.608. The van der Waals surface area contributed by atoms with Gasteiger partial charge in [0, 0.05) is 54.9 Å². The van der Waals surface area contributed by atoms with E-state index in [1.54, 1.807) is 7.11 Å². The number of nitrogens with zero attached hydrogens (tertiary/aromatic N) is 2. The summed E-state index contributed by atoms with van der Waals surface area (Å²) < 4.78 is 11.2. The van der Waals surface area contributed by atoms with Crippen molar-refractivity contribution in [2.75, 3.05) is 39.9 Å². The van der Waals surface area contributed by atoms with Gasteiger partial charge in [-0.05, 0) is 88.9 Å². The predicted molar refractivity (Wildman–Crippen MR) is 135 cm³/mol. The summed E-state index contributed by atoms with van der Waals surface area (Å²) in [7, 11) is 1.76. The molecule has 3 aliphatic rings. The zero-order valence-corrected chi connectivity index (χ0v) is 20.9. The number of piperidine rings is 2. The number of methoxy groups -OCH3 is 1. The molecule has 1 aliphatic carbocycles. The van der Waals surface area contributed by atoms with Crippen molar-refractivity contribution in [3.8, 4) is 5.75 Å². The Morgan fingerprint density at radius 1 is 1.12 bits per heavy atom. The number of rotatable bonds is 7. The number of aryl methyl sites for hydroxylation is 2. The van der Waals surface area contributed by atoms with Crippen molar-refractivity contribution < 1.29 is 14.3 Å². The van der Waals surface area contributed by atoms with Crippen molar-refractivity contribution in [3.63, 3.8) is 0 Å². The van der Waals surface area contributed by atoms with Crippen molar-refractivity contribution in [1.82, 2.24) is 9.80 Å². The molecule has 2 aliphatic heterocycles. The molecule has 186 valence electrons.